The lowest BCUT2D eigenvalue weighted by Gasteiger charge is -2.30. The first-order valence-corrected chi connectivity index (χ1v) is 6.54. The van der Waals surface area contributed by atoms with Crippen molar-refractivity contribution in [1.82, 2.24) is 10.2 Å². The number of hydrogen-bond donors (Lipinski definition) is 1. The van der Waals surface area contributed by atoms with Crippen molar-refractivity contribution in [2.45, 2.75) is 32.4 Å². The molecule has 2 nitrogen and oxygen atoms in total. The van der Waals surface area contributed by atoms with Crippen LogP contribution in [0.25, 0.3) is 0 Å². The Labute approximate surface area is 96.3 Å². The fourth-order valence-electron chi connectivity index (χ4n) is 2.30. The minimum absolute atomic E-state index is 0.551. The van der Waals surface area contributed by atoms with Crippen molar-refractivity contribution >= 4 is 11.3 Å². The standard InChI is InChI=1S/C12H20N2S/c1-9-5-7-15-12(9)10(2)14(3)11-4-6-13-8-11/h5,7,10-11,13H,4,6,8H2,1-3H3. The van der Waals surface area contributed by atoms with Gasteiger partial charge in [-0.05, 0) is 50.9 Å². The fourth-order valence-corrected chi connectivity index (χ4v) is 3.34. The van der Waals surface area contributed by atoms with Gasteiger partial charge in [-0.15, -0.1) is 11.3 Å². The van der Waals surface area contributed by atoms with Crippen molar-refractivity contribution in [3.63, 3.8) is 0 Å². The number of hydrogen-bond acceptors (Lipinski definition) is 3. The van der Waals surface area contributed by atoms with E-state index >= 15 is 0 Å². The number of rotatable bonds is 3. The second-order valence-electron chi connectivity index (χ2n) is 4.46. The van der Waals surface area contributed by atoms with Crippen molar-refractivity contribution in [2.24, 2.45) is 0 Å². The van der Waals surface area contributed by atoms with E-state index in [9.17, 15) is 0 Å². The van der Waals surface area contributed by atoms with Gasteiger partial charge in [0.15, 0.2) is 0 Å². The van der Waals surface area contributed by atoms with Crippen molar-refractivity contribution in [3.05, 3.63) is 21.9 Å². The molecule has 2 unspecified atom stereocenters. The lowest BCUT2D eigenvalue weighted by molar-refractivity contribution is 0.199. The highest BCUT2D eigenvalue weighted by atomic mass is 32.1. The molecule has 1 fully saturated rings. The van der Waals surface area contributed by atoms with Crippen molar-refractivity contribution in [3.8, 4) is 0 Å². The molecule has 1 N–H and O–H groups in total. The lowest BCUT2D eigenvalue weighted by Crippen LogP contribution is -2.35. The van der Waals surface area contributed by atoms with Crippen LogP contribution in [-0.4, -0.2) is 31.1 Å². The second kappa shape index (κ2) is 4.64. The van der Waals surface area contributed by atoms with Gasteiger partial charge in [0.1, 0.15) is 0 Å². The summed E-state index contributed by atoms with van der Waals surface area (Å²) in [4.78, 5) is 4.03. The van der Waals surface area contributed by atoms with Gasteiger partial charge in [0.2, 0.25) is 0 Å². The van der Waals surface area contributed by atoms with E-state index in [0.717, 1.165) is 6.54 Å². The van der Waals surface area contributed by atoms with E-state index in [4.69, 9.17) is 0 Å². The van der Waals surface area contributed by atoms with Crippen LogP contribution in [0.3, 0.4) is 0 Å². The Morgan fingerprint density at radius 3 is 2.93 bits per heavy atom. The predicted octanol–water partition coefficient (Wildman–Crippen LogP) is 2.41. The summed E-state index contributed by atoms with van der Waals surface area (Å²) in [6.45, 7) is 6.84. The van der Waals surface area contributed by atoms with Gasteiger partial charge in [-0.25, -0.2) is 0 Å². The molecule has 84 valence electrons. The maximum absolute atomic E-state index is 3.43. The molecule has 0 radical (unpaired) electrons. The molecule has 2 atom stereocenters. The smallest absolute Gasteiger partial charge is 0.0416 e. The maximum atomic E-state index is 3.43. The van der Waals surface area contributed by atoms with Gasteiger partial charge in [-0.3, -0.25) is 4.90 Å². The van der Waals surface area contributed by atoms with E-state index in [1.54, 1.807) is 0 Å². The molecule has 1 aliphatic heterocycles. The molecule has 0 amide bonds. The van der Waals surface area contributed by atoms with E-state index < -0.39 is 0 Å². The summed E-state index contributed by atoms with van der Waals surface area (Å²) < 4.78 is 0. The van der Waals surface area contributed by atoms with Crippen LogP contribution in [-0.2, 0) is 0 Å². The molecule has 15 heavy (non-hydrogen) atoms. The first kappa shape index (κ1) is 11.1. The third kappa shape index (κ3) is 2.25. The summed E-state index contributed by atoms with van der Waals surface area (Å²) in [7, 11) is 2.25. The Hall–Kier alpha value is -0.380. The van der Waals surface area contributed by atoms with Crippen LogP contribution in [0.15, 0.2) is 11.4 Å². The Morgan fingerprint density at radius 2 is 2.40 bits per heavy atom. The Morgan fingerprint density at radius 1 is 1.60 bits per heavy atom. The molecule has 1 aromatic heterocycles. The molecule has 1 aliphatic rings. The second-order valence-corrected chi connectivity index (χ2v) is 5.40. The highest BCUT2D eigenvalue weighted by molar-refractivity contribution is 7.10. The molecule has 0 saturated carbocycles. The molecule has 0 bridgehead atoms. The van der Waals surface area contributed by atoms with Crippen LogP contribution >= 0.6 is 11.3 Å². The third-order valence-corrected chi connectivity index (χ3v) is 4.69. The topological polar surface area (TPSA) is 15.3 Å². The van der Waals surface area contributed by atoms with Gasteiger partial charge in [0.05, 0.1) is 0 Å². The molecule has 0 aliphatic carbocycles. The van der Waals surface area contributed by atoms with E-state index in [1.807, 2.05) is 11.3 Å². The Kier molecular flexibility index (Phi) is 3.44. The van der Waals surface area contributed by atoms with E-state index in [0.29, 0.717) is 12.1 Å². The van der Waals surface area contributed by atoms with Crippen LogP contribution < -0.4 is 5.32 Å². The van der Waals surface area contributed by atoms with E-state index in [1.165, 1.54) is 23.4 Å². The van der Waals surface area contributed by atoms with Crippen molar-refractivity contribution in [2.75, 3.05) is 20.1 Å². The molecular weight excluding hydrogens is 204 g/mol. The van der Waals surface area contributed by atoms with Gasteiger partial charge in [0.25, 0.3) is 0 Å². The number of aryl methyl sites for hydroxylation is 1. The molecule has 3 heteroatoms. The molecule has 1 aromatic rings. The minimum Gasteiger partial charge on any atom is -0.315 e. The summed E-state index contributed by atoms with van der Waals surface area (Å²) in [5.41, 5.74) is 1.44. The first-order chi connectivity index (χ1) is 7.20. The predicted molar refractivity (Wildman–Crippen MR) is 66.5 cm³/mol. The van der Waals surface area contributed by atoms with Gasteiger partial charge >= 0.3 is 0 Å². The summed E-state index contributed by atoms with van der Waals surface area (Å²) in [5, 5.41) is 5.63. The van der Waals surface area contributed by atoms with Crippen LogP contribution in [0.2, 0.25) is 0 Å². The zero-order chi connectivity index (χ0) is 10.8. The van der Waals surface area contributed by atoms with E-state index in [2.05, 4.69) is 42.6 Å². The van der Waals surface area contributed by atoms with Crippen LogP contribution in [0, 0.1) is 6.92 Å². The summed E-state index contributed by atoms with van der Waals surface area (Å²) in [5.74, 6) is 0. The maximum Gasteiger partial charge on any atom is 0.0416 e. The summed E-state index contributed by atoms with van der Waals surface area (Å²) >= 11 is 1.88. The number of thiophene rings is 1. The monoisotopic (exact) mass is 224 g/mol. The third-order valence-electron chi connectivity index (χ3n) is 3.50. The SMILES string of the molecule is Cc1ccsc1C(C)N(C)C1CCNC1. The average molecular weight is 224 g/mol. The largest absolute Gasteiger partial charge is 0.315 e. The van der Waals surface area contributed by atoms with Gasteiger partial charge < -0.3 is 5.32 Å². The van der Waals surface area contributed by atoms with Crippen LogP contribution in [0.1, 0.15) is 29.8 Å². The summed E-state index contributed by atoms with van der Waals surface area (Å²) in [6.07, 6.45) is 1.28. The minimum atomic E-state index is 0.551. The Balaban J connectivity index is 2.06. The van der Waals surface area contributed by atoms with Crippen molar-refractivity contribution < 1.29 is 0 Å². The molecule has 0 aromatic carbocycles. The molecule has 2 heterocycles. The molecule has 2 rings (SSSR count). The normalized spacial score (nSPS) is 23.6. The van der Waals surface area contributed by atoms with Crippen molar-refractivity contribution in [1.29, 1.82) is 0 Å². The zero-order valence-corrected chi connectivity index (χ0v) is 10.6. The highest BCUT2D eigenvalue weighted by Crippen LogP contribution is 2.29. The molecule has 1 saturated heterocycles. The van der Waals surface area contributed by atoms with Gasteiger partial charge in [-0.1, -0.05) is 0 Å². The van der Waals surface area contributed by atoms with Gasteiger partial charge in [0, 0.05) is 23.5 Å². The zero-order valence-electron chi connectivity index (χ0n) is 9.79. The summed E-state index contributed by atoms with van der Waals surface area (Å²) in [6, 6.07) is 3.48. The lowest BCUT2D eigenvalue weighted by atomic mass is 10.1. The number of likely N-dealkylation sites (N-methyl/N-ethyl adjacent to an activating group) is 1. The van der Waals surface area contributed by atoms with Gasteiger partial charge in [-0.2, -0.15) is 0 Å². The van der Waals surface area contributed by atoms with Crippen LogP contribution in [0.4, 0.5) is 0 Å². The quantitative estimate of drug-likeness (QED) is 0.848. The fraction of sp³-hybridized carbons (Fsp3) is 0.667. The molecule has 0 spiro atoms. The van der Waals surface area contributed by atoms with Crippen LogP contribution in [0.5, 0.6) is 0 Å². The number of nitrogens with one attached hydrogen (secondary N) is 1. The highest BCUT2D eigenvalue weighted by Gasteiger charge is 2.24. The number of nitrogens with zero attached hydrogens (tertiary/aromatic N) is 1. The average Bonchev–Trinajstić information content (AvgIpc) is 2.85. The van der Waals surface area contributed by atoms with E-state index in [-0.39, 0.29) is 0 Å². The molecular formula is C12H20N2S. The Bertz CT molecular complexity index is 315. The first-order valence-electron chi connectivity index (χ1n) is 5.67.